The van der Waals surface area contributed by atoms with Gasteiger partial charge in [0, 0.05) is 29.1 Å². The smallest absolute Gasteiger partial charge is 0.303 e. The highest BCUT2D eigenvalue weighted by Gasteiger charge is 2.25. The molecule has 1 atom stereocenters. The lowest BCUT2D eigenvalue weighted by Crippen LogP contribution is -2.33. The minimum atomic E-state index is -0.957. The van der Waals surface area contributed by atoms with Gasteiger partial charge in [-0.15, -0.1) is 0 Å². The van der Waals surface area contributed by atoms with E-state index in [4.69, 9.17) is 16.7 Å². The van der Waals surface area contributed by atoms with Crippen LogP contribution in [0, 0.1) is 0 Å². The zero-order chi connectivity index (χ0) is 19.4. The minimum Gasteiger partial charge on any atom is -0.481 e. The number of hydrogen-bond donors (Lipinski definition) is 2. The van der Waals surface area contributed by atoms with Crippen molar-refractivity contribution in [2.24, 2.45) is 9.98 Å². The second kappa shape index (κ2) is 8.09. The molecule has 0 saturated heterocycles. The van der Waals surface area contributed by atoms with Crippen LogP contribution >= 0.6 is 11.6 Å². The van der Waals surface area contributed by atoms with Crippen molar-refractivity contribution in [2.75, 3.05) is 5.32 Å². The van der Waals surface area contributed by atoms with Gasteiger partial charge in [-0.2, -0.15) is 0 Å². The van der Waals surface area contributed by atoms with E-state index < -0.39 is 17.9 Å². The molecule has 2 aromatic carbocycles. The summed E-state index contributed by atoms with van der Waals surface area (Å²) < 4.78 is 0. The Labute approximate surface area is 159 Å². The van der Waals surface area contributed by atoms with E-state index in [0.29, 0.717) is 27.0 Å². The maximum absolute atomic E-state index is 12.5. The quantitative estimate of drug-likeness (QED) is 0.793. The molecule has 0 fully saturated rings. The number of para-hydroxylation sites is 2. The first-order valence-electron chi connectivity index (χ1n) is 8.30. The highest BCUT2D eigenvalue weighted by Crippen LogP contribution is 2.30. The predicted molar refractivity (Wildman–Crippen MR) is 98.1 cm³/mol. The average molecular weight is 386 g/mol. The van der Waals surface area contributed by atoms with Crippen molar-refractivity contribution in [3.05, 3.63) is 63.8 Å². The summed E-state index contributed by atoms with van der Waals surface area (Å²) in [4.78, 5) is 43.7. The number of carbonyl (C=O) groups is 3. The lowest BCUT2D eigenvalue weighted by Gasteiger charge is -2.17. The van der Waals surface area contributed by atoms with Crippen LogP contribution in [0.2, 0.25) is 5.02 Å². The summed E-state index contributed by atoms with van der Waals surface area (Å²) in [5.74, 6) is -1.75. The van der Waals surface area contributed by atoms with Gasteiger partial charge in [0.2, 0.25) is 5.91 Å². The van der Waals surface area contributed by atoms with E-state index >= 15 is 0 Å². The van der Waals surface area contributed by atoms with E-state index in [2.05, 4.69) is 15.3 Å². The first-order valence-corrected chi connectivity index (χ1v) is 8.68. The van der Waals surface area contributed by atoms with Crippen molar-refractivity contribution < 1.29 is 19.5 Å². The fourth-order valence-electron chi connectivity index (χ4n) is 2.73. The molecule has 1 unspecified atom stereocenters. The molecule has 138 valence electrons. The number of halogens is 1. The molecule has 1 heterocycles. The number of rotatable bonds is 6. The second-order valence-electron chi connectivity index (χ2n) is 6.00. The molecule has 0 aliphatic carbocycles. The molecule has 0 saturated carbocycles. The average Bonchev–Trinajstić information content (AvgIpc) is 2.62. The van der Waals surface area contributed by atoms with Crippen LogP contribution in [0.15, 0.2) is 52.4 Å². The Balaban J connectivity index is 1.89. The van der Waals surface area contributed by atoms with Gasteiger partial charge in [0.25, 0.3) is 5.91 Å². The van der Waals surface area contributed by atoms with Gasteiger partial charge in [-0.3, -0.25) is 19.4 Å². The minimum absolute atomic E-state index is 0.0529. The first kappa shape index (κ1) is 18.7. The molecule has 0 spiro atoms. The van der Waals surface area contributed by atoms with Crippen molar-refractivity contribution in [2.45, 2.75) is 25.3 Å². The van der Waals surface area contributed by atoms with Crippen LogP contribution in [0.25, 0.3) is 0 Å². The van der Waals surface area contributed by atoms with Gasteiger partial charge in [-0.1, -0.05) is 23.7 Å². The number of amides is 2. The van der Waals surface area contributed by atoms with E-state index in [9.17, 15) is 14.4 Å². The summed E-state index contributed by atoms with van der Waals surface area (Å²) in [7, 11) is 0. The lowest BCUT2D eigenvalue weighted by molar-refractivity contribution is -0.137. The third-order valence-electron chi connectivity index (χ3n) is 3.99. The molecule has 0 radical (unpaired) electrons. The number of fused-ring (bicyclic) bond motifs is 1. The molecule has 7 nitrogen and oxygen atoms in total. The fourth-order valence-corrected chi connectivity index (χ4v) is 2.91. The number of aliphatic carboxylic acids is 1. The molecule has 8 heteroatoms. The summed E-state index contributed by atoms with van der Waals surface area (Å²) in [5, 5.41) is 12.9. The van der Waals surface area contributed by atoms with Crippen LogP contribution in [-0.2, 0) is 14.4 Å². The van der Waals surface area contributed by atoms with Crippen molar-refractivity contribution in [1.82, 2.24) is 0 Å². The first-order chi connectivity index (χ1) is 12.9. The Morgan fingerprint density at radius 1 is 1.11 bits per heavy atom. The van der Waals surface area contributed by atoms with Crippen molar-refractivity contribution in [1.29, 1.82) is 0 Å². The fraction of sp³-hybridized carbons (Fsp3) is 0.211. The Bertz CT molecular complexity index is 1040. The Morgan fingerprint density at radius 2 is 1.85 bits per heavy atom. The monoisotopic (exact) mass is 385 g/mol. The van der Waals surface area contributed by atoms with Crippen molar-refractivity contribution in [3.63, 3.8) is 0 Å². The molecule has 2 amide bonds. The van der Waals surface area contributed by atoms with Gasteiger partial charge in [0.05, 0.1) is 10.7 Å². The number of nitrogens with zero attached hydrogens (tertiary/aromatic N) is 2. The number of carboxylic acids is 1. The number of carbonyl (C=O) groups excluding carboxylic acids is 2. The van der Waals surface area contributed by atoms with E-state index in [1.54, 1.807) is 42.5 Å². The van der Waals surface area contributed by atoms with Gasteiger partial charge in [0.15, 0.2) is 6.04 Å². The standard InChI is InChI=1S/C19H16ClN3O4/c20-11-8-9-13(21-16(24)6-3-7-17(25)26)12(10-11)18-19(27)23-15-5-2-1-4-14(15)22-18/h1-2,4-5,8-10,18H,3,6-7H2,(H,21,24)(H,25,26). The second-order valence-corrected chi connectivity index (χ2v) is 6.43. The topological polar surface area (TPSA) is 108 Å². The van der Waals surface area contributed by atoms with Gasteiger partial charge < -0.3 is 10.4 Å². The largest absolute Gasteiger partial charge is 0.481 e. The number of benzene rings is 2. The maximum atomic E-state index is 12.5. The van der Waals surface area contributed by atoms with Gasteiger partial charge >= 0.3 is 5.97 Å². The highest BCUT2D eigenvalue weighted by atomic mass is 35.5. The van der Waals surface area contributed by atoms with Crippen LogP contribution in [0.5, 0.6) is 0 Å². The number of hydrogen-bond acceptors (Lipinski definition) is 4. The van der Waals surface area contributed by atoms with Crippen molar-refractivity contribution >= 4 is 35.1 Å². The van der Waals surface area contributed by atoms with Gasteiger partial charge in [-0.25, -0.2) is 4.99 Å². The Kier molecular flexibility index (Phi) is 5.61. The normalized spacial score (nSPS) is 15.3. The lowest BCUT2D eigenvalue weighted by atomic mass is 10.0. The number of anilines is 1. The summed E-state index contributed by atoms with van der Waals surface area (Å²) in [6.45, 7) is 0. The Morgan fingerprint density at radius 3 is 2.59 bits per heavy atom. The molecule has 2 N–H and O–H groups in total. The third kappa shape index (κ3) is 4.57. The molecular formula is C19H16ClN3O4. The van der Waals surface area contributed by atoms with E-state index in [0.717, 1.165) is 0 Å². The molecule has 2 aromatic rings. The zero-order valence-corrected chi connectivity index (χ0v) is 14.9. The summed E-state index contributed by atoms with van der Waals surface area (Å²) in [5.41, 5.74) is 0.841. The Hall–Kier alpha value is -3.06. The summed E-state index contributed by atoms with van der Waals surface area (Å²) in [6.07, 6.45) is 0.184. The van der Waals surface area contributed by atoms with E-state index in [1.807, 2.05) is 0 Å². The van der Waals surface area contributed by atoms with Crippen molar-refractivity contribution in [3.8, 4) is 0 Å². The van der Waals surface area contributed by atoms with E-state index in [-0.39, 0.29) is 25.2 Å². The van der Waals surface area contributed by atoms with Crippen LogP contribution in [0.4, 0.5) is 5.69 Å². The summed E-state index contributed by atoms with van der Waals surface area (Å²) in [6, 6.07) is 10.9. The van der Waals surface area contributed by atoms with Crippen LogP contribution in [0.3, 0.4) is 0 Å². The molecule has 0 aromatic heterocycles. The zero-order valence-electron chi connectivity index (χ0n) is 14.2. The number of carboxylic acid groups (broad SMARTS) is 1. The van der Waals surface area contributed by atoms with Crippen LogP contribution in [-0.4, -0.2) is 22.9 Å². The third-order valence-corrected chi connectivity index (χ3v) is 4.23. The summed E-state index contributed by atoms with van der Waals surface area (Å²) >= 11 is 6.08. The number of nitrogens with one attached hydrogen (secondary N) is 1. The molecule has 27 heavy (non-hydrogen) atoms. The SMILES string of the molecule is O=C(O)CCCC(=O)Nc1ccc(Cl)cc1C1N=c2ccccc2=NC1=O. The maximum Gasteiger partial charge on any atom is 0.303 e. The van der Waals surface area contributed by atoms with Crippen LogP contribution < -0.4 is 16.0 Å². The molecule has 0 bridgehead atoms. The molecule has 1 aliphatic heterocycles. The van der Waals surface area contributed by atoms with Gasteiger partial charge in [-0.05, 0) is 36.8 Å². The van der Waals surface area contributed by atoms with Gasteiger partial charge in [0.1, 0.15) is 0 Å². The predicted octanol–water partition coefficient (Wildman–Crippen LogP) is 2.05. The van der Waals surface area contributed by atoms with E-state index in [1.165, 1.54) is 0 Å². The van der Waals surface area contributed by atoms with Crippen LogP contribution in [0.1, 0.15) is 30.9 Å². The molecular weight excluding hydrogens is 370 g/mol. The molecule has 3 rings (SSSR count). The highest BCUT2D eigenvalue weighted by molar-refractivity contribution is 6.30. The molecule has 1 aliphatic rings.